The maximum atomic E-state index is 12.4. The molecule has 444 valence electrons. The quantitative estimate of drug-likeness (QED) is 0.0320. The van der Waals surface area contributed by atoms with Gasteiger partial charge < -0.3 is 20.3 Å². The van der Waals surface area contributed by atoms with Crippen LogP contribution in [0.4, 0.5) is 0 Å². The van der Waals surface area contributed by atoms with Crippen LogP contribution in [0.25, 0.3) is 0 Å². The predicted octanol–water partition coefficient (Wildman–Crippen LogP) is 21.8. The molecule has 0 saturated carbocycles. The van der Waals surface area contributed by atoms with Gasteiger partial charge in [0.15, 0.2) is 0 Å². The average molecular weight is 1060 g/mol. The average Bonchev–Trinajstić information content (AvgIpc) is 3.41. The van der Waals surface area contributed by atoms with E-state index in [1.54, 1.807) is 6.08 Å². The Bertz CT molecular complexity index is 1170. The van der Waals surface area contributed by atoms with E-state index in [0.29, 0.717) is 19.4 Å². The first kappa shape index (κ1) is 73.3. The highest BCUT2D eigenvalue weighted by Crippen LogP contribution is 2.19. The fraction of sp³-hybridized carbons (Fsp3) is 0.913. The van der Waals surface area contributed by atoms with Gasteiger partial charge in [-0.3, -0.25) is 9.59 Å². The molecule has 0 aliphatic heterocycles. The number of aliphatic hydroxyl groups is 2. The van der Waals surface area contributed by atoms with E-state index in [1.165, 1.54) is 308 Å². The zero-order chi connectivity index (χ0) is 54.3. The Morgan fingerprint density at radius 3 is 0.987 bits per heavy atom. The van der Waals surface area contributed by atoms with E-state index in [4.69, 9.17) is 4.74 Å². The number of esters is 1. The summed E-state index contributed by atoms with van der Waals surface area (Å²) in [5, 5.41) is 23.0. The molecular weight excluding hydrogens is 923 g/mol. The lowest BCUT2D eigenvalue weighted by Gasteiger charge is -2.20. The SMILES string of the molecule is CCCC/C=C\CCCCCCCC(=O)OCCCCCCCCCCCCCCCCCCCCCCCCCCCCCCCCCCCCCCCC(=O)NC(CO)C(O)/C=C/CCCCCCCCCC. The van der Waals surface area contributed by atoms with Gasteiger partial charge in [-0.05, 0) is 51.4 Å². The molecule has 0 aromatic carbocycles. The third kappa shape index (κ3) is 61.4. The van der Waals surface area contributed by atoms with Crippen molar-refractivity contribution >= 4 is 11.9 Å². The molecule has 0 heterocycles. The third-order valence-corrected chi connectivity index (χ3v) is 16.0. The Morgan fingerprint density at radius 2 is 0.640 bits per heavy atom. The molecule has 2 unspecified atom stereocenters. The van der Waals surface area contributed by atoms with Crippen LogP contribution >= 0.6 is 0 Å². The number of nitrogens with one attached hydrogen (secondary N) is 1. The number of hydrogen-bond acceptors (Lipinski definition) is 5. The Kier molecular flexibility index (Phi) is 63.4. The lowest BCUT2D eigenvalue weighted by Crippen LogP contribution is -2.45. The number of ether oxygens (including phenoxy) is 1. The molecule has 75 heavy (non-hydrogen) atoms. The van der Waals surface area contributed by atoms with Crippen LogP contribution in [0.15, 0.2) is 24.3 Å². The predicted molar refractivity (Wildman–Crippen MR) is 329 cm³/mol. The van der Waals surface area contributed by atoms with Crippen LogP contribution in [0.1, 0.15) is 380 Å². The summed E-state index contributed by atoms with van der Waals surface area (Å²) in [6, 6.07) is -0.621. The summed E-state index contributed by atoms with van der Waals surface area (Å²) >= 11 is 0. The van der Waals surface area contributed by atoms with E-state index in [9.17, 15) is 19.8 Å². The van der Waals surface area contributed by atoms with E-state index < -0.39 is 12.1 Å². The topological polar surface area (TPSA) is 95.9 Å². The lowest BCUT2D eigenvalue weighted by atomic mass is 10.0. The van der Waals surface area contributed by atoms with Crippen molar-refractivity contribution in [2.24, 2.45) is 0 Å². The van der Waals surface area contributed by atoms with E-state index in [-0.39, 0.29) is 18.5 Å². The Morgan fingerprint density at radius 1 is 0.360 bits per heavy atom. The second-order valence-electron chi connectivity index (χ2n) is 23.5. The fourth-order valence-electron chi connectivity index (χ4n) is 10.7. The van der Waals surface area contributed by atoms with Crippen LogP contribution in [0, 0.1) is 0 Å². The summed E-state index contributed by atoms with van der Waals surface area (Å²) in [5.41, 5.74) is 0. The van der Waals surface area contributed by atoms with Crippen LogP contribution in [0.5, 0.6) is 0 Å². The maximum Gasteiger partial charge on any atom is 0.305 e. The van der Waals surface area contributed by atoms with Crippen LogP contribution in [0.2, 0.25) is 0 Å². The van der Waals surface area contributed by atoms with Crippen molar-refractivity contribution in [1.82, 2.24) is 5.32 Å². The zero-order valence-corrected chi connectivity index (χ0v) is 50.8. The van der Waals surface area contributed by atoms with Crippen molar-refractivity contribution in [3.8, 4) is 0 Å². The molecule has 0 aliphatic carbocycles. The standard InChI is InChI=1S/C69H133NO5/c1-3-5-7-9-11-13-42-47-51-55-59-63-69(74)75-64-60-56-52-48-44-41-39-37-35-33-31-29-27-25-23-21-19-17-15-16-18-20-22-24-26-28-30-32-34-36-38-40-43-46-50-54-58-62-68(73)70-66(65-71)67(72)61-57-53-49-45-14-12-10-8-6-4-2/h9,11,57,61,66-67,71-72H,3-8,10,12-56,58-60,62-65H2,1-2H3,(H,70,73)/b11-9-,61-57+. The van der Waals surface area contributed by atoms with Crippen LogP contribution in [-0.4, -0.2) is 47.4 Å². The van der Waals surface area contributed by atoms with Gasteiger partial charge >= 0.3 is 5.97 Å². The van der Waals surface area contributed by atoms with E-state index >= 15 is 0 Å². The molecule has 0 aromatic rings. The highest BCUT2D eigenvalue weighted by molar-refractivity contribution is 5.76. The van der Waals surface area contributed by atoms with Gasteiger partial charge in [0, 0.05) is 12.8 Å². The minimum absolute atomic E-state index is 0.0122. The van der Waals surface area contributed by atoms with Gasteiger partial charge in [-0.15, -0.1) is 0 Å². The summed E-state index contributed by atoms with van der Waals surface area (Å²) in [6.07, 6.45) is 81.4. The van der Waals surface area contributed by atoms with Crippen molar-refractivity contribution in [3.05, 3.63) is 24.3 Å². The number of carbonyl (C=O) groups is 2. The minimum Gasteiger partial charge on any atom is -0.466 e. The zero-order valence-electron chi connectivity index (χ0n) is 50.8. The van der Waals surface area contributed by atoms with Crippen LogP contribution in [-0.2, 0) is 14.3 Å². The molecule has 3 N–H and O–H groups in total. The Hall–Kier alpha value is -1.66. The summed E-state index contributed by atoms with van der Waals surface area (Å²) in [7, 11) is 0. The second kappa shape index (κ2) is 64.9. The molecule has 0 radical (unpaired) electrons. The van der Waals surface area contributed by atoms with E-state index in [2.05, 4.69) is 31.3 Å². The first-order valence-corrected chi connectivity index (χ1v) is 34.1. The summed E-state index contributed by atoms with van der Waals surface area (Å²) in [6.45, 7) is 4.87. The van der Waals surface area contributed by atoms with Gasteiger partial charge in [-0.25, -0.2) is 0 Å². The second-order valence-corrected chi connectivity index (χ2v) is 23.5. The number of allylic oxidation sites excluding steroid dienone is 3. The monoisotopic (exact) mass is 1060 g/mol. The van der Waals surface area contributed by atoms with Crippen molar-refractivity contribution in [3.63, 3.8) is 0 Å². The molecule has 0 rings (SSSR count). The molecular formula is C69H133NO5. The van der Waals surface area contributed by atoms with Crippen molar-refractivity contribution in [1.29, 1.82) is 0 Å². The summed E-state index contributed by atoms with van der Waals surface area (Å²) < 4.78 is 5.47. The number of unbranched alkanes of at least 4 members (excludes halogenated alkanes) is 51. The highest BCUT2D eigenvalue weighted by atomic mass is 16.5. The number of hydrogen-bond donors (Lipinski definition) is 3. The summed E-state index contributed by atoms with van der Waals surface area (Å²) in [5.74, 6) is -0.0505. The normalized spacial score (nSPS) is 12.6. The molecule has 0 spiro atoms. The Balaban J connectivity index is 3.28. The van der Waals surface area contributed by atoms with Gasteiger partial charge in [-0.1, -0.05) is 340 Å². The molecule has 0 aliphatic rings. The van der Waals surface area contributed by atoms with Gasteiger partial charge in [0.05, 0.1) is 25.4 Å². The maximum absolute atomic E-state index is 12.4. The fourth-order valence-corrected chi connectivity index (χ4v) is 10.7. The molecule has 6 heteroatoms. The molecule has 0 fully saturated rings. The summed E-state index contributed by atoms with van der Waals surface area (Å²) in [4.78, 5) is 24.4. The van der Waals surface area contributed by atoms with Gasteiger partial charge in [0.2, 0.25) is 5.91 Å². The minimum atomic E-state index is -0.838. The lowest BCUT2D eigenvalue weighted by molar-refractivity contribution is -0.143. The molecule has 0 bridgehead atoms. The van der Waals surface area contributed by atoms with Gasteiger partial charge in [-0.2, -0.15) is 0 Å². The first-order valence-electron chi connectivity index (χ1n) is 34.1. The van der Waals surface area contributed by atoms with Crippen LogP contribution < -0.4 is 5.32 Å². The number of aliphatic hydroxyl groups excluding tert-OH is 2. The van der Waals surface area contributed by atoms with Gasteiger partial charge in [0.1, 0.15) is 0 Å². The third-order valence-electron chi connectivity index (χ3n) is 16.0. The highest BCUT2D eigenvalue weighted by Gasteiger charge is 2.18. The number of carbonyl (C=O) groups excluding carboxylic acids is 2. The van der Waals surface area contributed by atoms with Crippen molar-refractivity contribution < 1.29 is 24.5 Å². The number of amides is 1. The number of rotatable bonds is 64. The molecule has 1 amide bonds. The molecule has 0 aromatic heterocycles. The smallest absolute Gasteiger partial charge is 0.305 e. The van der Waals surface area contributed by atoms with Crippen molar-refractivity contribution in [2.75, 3.05) is 13.2 Å². The molecule has 0 saturated heterocycles. The van der Waals surface area contributed by atoms with E-state index in [1.807, 2.05) is 6.08 Å². The van der Waals surface area contributed by atoms with Gasteiger partial charge in [0.25, 0.3) is 0 Å². The first-order chi connectivity index (χ1) is 37.0. The van der Waals surface area contributed by atoms with Crippen LogP contribution in [0.3, 0.4) is 0 Å². The van der Waals surface area contributed by atoms with Crippen molar-refractivity contribution in [2.45, 2.75) is 392 Å². The Labute approximate surface area is 469 Å². The molecule has 6 nitrogen and oxygen atoms in total. The van der Waals surface area contributed by atoms with E-state index in [0.717, 1.165) is 44.9 Å². The largest absolute Gasteiger partial charge is 0.466 e. The molecule has 2 atom stereocenters.